The van der Waals surface area contributed by atoms with Gasteiger partial charge in [-0.05, 0) is 43.9 Å². The van der Waals surface area contributed by atoms with E-state index >= 15 is 0 Å². The maximum atomic E-state index is 6.06. The Morgan fingerprint density at radius 1 is 1.33 bits per heavy atom. The van der Waals surface area contributed by atoms with Gasteiger partial charge >= 0.3 is 0 Å². The highest BCUT2D eigenvalue weighted by molar-refractivity contribution is 6.31. The Morgan fingerprint density at radius 3 is 3.00 bits per heavy atom. The molecule has 1 fully saturated rings. The lowest BCUT2D eigenvalue weighted by Gasteiger charge is -2.23. The Bertz CT molecular complexity index is 606. The van der Waals surface area contributed by atoms with E-state index in [4.69, 9.17) is 27.9 Å². The third-order valence-corrected chi connectivity index (χ3v) is 4.48. The topological polar surface area (TPSA) is 27.1 Å². The summed E-state index contributed by atoms with van der Waals surface area (Å²) in [6, 6.07) is 5.88. The van der Waals surface area contributed by atoms with Crippen LogP contribution in [0.5, 0.6) is 0 Å². The van der Waals surface area contributed by atoms with E-state index in [1.165, 1.54) is 19.3 Å². The van der Waals surface area contributed by atoms with Crippen molar-refractivity contribution in [1.82, 2.24) is 9.55 Å². The van der Waals surface area contributed by atoms with Crippen molar-refractivity contribution in [3.8, 4) is 0 Å². The quantitative estimate of drug-likeness (QED) is 0.760. The second-order valence-corrected chi connectivity index (χ2v) is 6.34. The van der Waals surface area contributed by atoms with Gasteiger partial charge in [0.05, 0.1) is 17.1 Å². The Labute approximate surface area is 135 Å². The van der Waals surface area contributed by atoms with Gasteiger partial charge in [-0.2, -0.15) is 0 Å². The van der Waals surface area contributed by atoms with Crippen molar-refractivity contribution in [3.63, 3.8) is 0 Å². The highest BCUT2D eigenvalue weighted by atomic mass is 35.5. The van der Waals surface area contributed by atoms with Crippen LogP contribution in [0.1, 0.15) is 31.5 Å². The lowest BCUT2D eigenvalue weighted by atomic mass is 10.1. The summed E-state index contributed by atoms with van der Waals surface area (Å²) in [5, 5.41) is 0.722. The van der Waals surface area contributed by atoms with Crippen molar-refractivity contribution >= 4 is 34.2 Å². The number of nitrogens with zero attached hydrogens (tertiary/aromatic N) is 2. The summed E-state index contributed by atoms with van der Waals surface area (Å²) >= 11 is 12.0. The van der Waals surface area contributed by atoms with Crippen molar-refractivity contribution in [1.29, 1.82) is 0 Å². The molecule has 1 aliphatic heterocycles. The lowest BCUT2D eigenvalue weighted by molar-refractivity contribution is 0.00887. The standard InChI is InChI=1S/C16H20Cl2N2O/c17-8-6-16-19-14-11-12(18)4-5-15(14)20(16)9-7-13-3-1-2-10-21-13/h4-5,11,13H,1-3,6-10H2. The van der Waals surface area contributed by atoms with E-state index in [1.807, 2.05) is 18.2 Å². The summed E-state index contributed by atoms with van der Waals surface area (Å²) in [5.74, 6) is 1.62. The molecular weight excluding hydrogens is 307 g/mol. The van der Waals surface area contributed by atoms with Crippen LogP contribution in [0.15, 0.2) is 18.2 Å². The summed E-state index contributed by atoms with van der Waals surface area (Å²) in [5.41, 5.74) is 2.09. The normalized spacial score (nSPS) is 19.2. The first-order valence-electron chi connectivity index (χ1n) is 7.60. The van der Waals surface area contributed by atoms with Gasteiger partial charge in [0.2, 0.25) is 0 Å². The van der Waals surface area contributed by atoms with Crippen LogP contribution in [0, 0.1) is 0 Å². The SMILES string of the molecule is ClCCc1nc2cc(Cl)ccc2n1CCC1CCCCO1. The summed E-state index contributed by atoms with van der Waals surface area (Å²) in [7, 11) is 0. The number of halogens is 2. The monoisotopic (exact) mass is 326 g/mol. The van der Waals surface area contributed by atoms with Crippen LogP contribution in [0.4, 0.5) is 0 Å². The summed E-state index contributed by atoms with van der Waals surface area (Å²) in [6.45, 7) is 1.83. The van der Waals surface area contributed by atoms with E-state index in [9.17, 15) is 0 Å². The third-order valence-electron chi connectivity index (χ3n) is 4.06. The van der Waals surface area contributed by atoms with Gasteiger partial charge in [0.1, 0.15) is 5.82 Å². The number of ether oxygens (including phenoxy) is 1. The number of fused-ring (bicyclic) bond motifs is 1. The number of hydrogen-bond acceptors (Lipinski definition) is 2. The number of imidazole rings is 1. The molecule has 5 heteroatoms. The fraction of sp³-hybridized carbons (Fsp3) is 0.562. The Kier molecular flexibility index (Phi) is 5.04. The number of benzene rings is 1. The molecule has 2 aromatic rings. The van der Waals surface area contributed by atoms with Gasteiger partial charge in [0.15, 0.2) is 0 Å². The molecular formula is C16H20Cl2N2O. The summed E-state index contributed by atoms with van der Waals surface area (Å²) in [4.78, 5) is 4.68. The molecule has 0 saturated carbocycles. The van der Waals surface area contributed by atoms with Crippen molar-refractivity contribution in [3.05, 3.63) is 29.0 Å². The minimum absolute atomic E-state index is 0.382. The van der Waals surface area contributed by atoms with Gasteiger partial charge in [-0.15, -0.1) is 11.6 Å². The maximum absolute atomic E-state index is 6.06. The smallest absolute Gasteiger partial charge is 0.111 e. The Morgan fingerprint density at radius 2 is 2.24 bits per heavy atom. The second-order valence-electron chi connectivity index (χ2n) is 5.53. The zero-order chi connectivity index (χ0) is 14.7. The molecule has 1 aromatic heterocycles. The van der Waals surface area contributed by atoms with Crippen LogP contribution in [0.25, 0.3) is 11.0 Å². The predicted molar refractivity (Wildman–Crippen MR) is 87.4 cm³/mol. The average Bonchev–Trinajstić information content (AvgIpc) is 2.83. The molecule has 1 aromatic carbocycles. The van der Waals surface area contributed by atoms with Crippen molar-refractivity contribution in [2.45, 2.75) is 44.8 Å². The van der Waals surface area contributed by atoms with Crippen LogP contribution in [-0.2, 0) is 17.7 Å². The molecule has 0 spiro atoms. The molecule has 1 aliphatic rings. The Hall–Kier alpha value is -0.770. The molecule has 0 bridgehead atoms. The molecule has 0 N–H and O–H groups in total. The fourth-order valence-corrected chi connectivity index (χ4v) is 3.32. The van der Waals surface area contributed by atoms with Crippen LogP contribution >= 0.6 is 23.2 Å². The first-order valence-corrected chi connectivity index (χ1v) is 8.51. The molecule has 2 heterocycles. The van der Waals surface area contributed by atoms with Gasteiger partial charge in [0, 0.05) is 30.5 Å². The van der Waals surface area contributed by atoms with Gasteiger partial charge in [0.25, 0.3) is 0 Å². The van der Waals surface area contributed by atoms with Crippen molar-refractivity contribution in [2.24, 2.45) is 0 Å². The second kappa shape index (κ2) is 6.99. The molecule has 0 amide bonds. The van der Waals surface area contributed by atoms with E-state index in [0.29, 0.717) is 12.0 Å². The molecule has 1 saturated heterocycles. The van der Waals surface area contributed by atoms with E-state index in [1.54, 1.807) is 0 Å². The zero-order valence-electron chi connectivity index (χ0n) is 12.0. The molecule has 1 unspecified atom stereocenters. The lowest BCUT2D eigenvalue weighted by Crippen LogP contribution is -2.21. The summed E-state index contributed by atoms with van der Waals surface area (Å²) < 4.78 is 8.10. The Balaban J connectivity index is 1.82. The zero-order valence-corrected chi connectivity index (χ0v) is 13.5. The average molecular weight is 327 g/mol. The van der Waals surface area contributed by atoms with Crippen LogP contribution in [0.3, 0.4) is 0 Å². The molecule has 0 radical (unpaired) electrons. The highest BCUT2D eigenvalue weighted by Gasteiger charge is 2.16. The largest absolute Gasteiger partial charge is 0.378 e. The fourth-order valence-electron chi connectivity index (χ4n) is 2.99. The van der Waals surface area contributed by atoms with Gasteiger partial charge in [-0.3, -0.25) is 0 Å². The van der Waals surface area contributed by atoms with Crippen molar-refractivity contribution < 1.29 is 4.74 Å². The summed E-state index contributed by atoms with van der Waals surface area (Å²) in [6.07, 6.45) is 5.83. The number of aromatic nitrogens is 2. The predicted octanol–water partition coefficient (Wildman–Crippen LogP) is 4.43. The van der Waals surface area contributed by atoms with E-state index < -0.39 is 0 Å². The highest BCUT2D eigenvalue weighted by Crippen LogP contribution is 2.23. The molecule has 1 atom stereocenters. The first kappa shape index (κ1) is 15.1. The molecule has 21 heavy (non-hydrogen) atoms. The van der Waals surface area contributed by atoms with E-state index in [-0.39, 0.29) is 0 Å². The van der Waals surface area contributed by atoms with E-state index in [2.05, 4.69) is 9.55 Å². The molecule has 0 aliphatic carbocycles. The number of rotatable bonds is 5. The molecule has 114 valence electrons. The van der Waals surface area contributed by atoms with Crippen molar-refractivity contribution in [2.75, 3.05) is 12.5 Å². The molecule has 3 nitrogen and oxygen atoms in total. The first-order chi connectivity index (χ1) is 10.3. The van der Waals surface area contributed by atoms with Crippen LogP contribution < -0.4 is 0 Å². The maximum Gasteiger partial charge on any atom is 0.111 e. The van der Waals surface area contributed by atoms with Gasteiger partial charge < -0.3 is 9.30 Å². The van der Waals surface area contributed by atoms with E-state index in [0.717, 1.165) is 47.9 Å². The minimum atomic E-state index is 0.382. The van der Waals surface area contributed by atoms with Crippen LogP contribution in [-0.4, -0.2) is 28.1 Å². The third kappa shape index (κ3) is 3.53. The number of hydrogen-bond donors (Lipinski definition) is 0. The number of alkyl halides is 1. The number of aryl methyl sites for hydroxylation is 2. The molecule has 3 rings (SSSR count). The van der Waals surface area contributed by atoms with Gasteiger partial charge in [-0.25, -0.2) is 4.98 Å². The van der Waals surface area contributed by atoms with Gasteiger partial charge in [-0.1, -0.05) is 11.6 Å². The minimum Gasteiger partial charge on any atom is -0.378 e. The van der Waals surface area contributed by atoms with Crippen LogP contribution in [0.2, 0.25) is 5.02 Å².